The quantitative estimate of drug-likeness (QED) is 0.546. The fraction of sp³-hybridized carbons (Fsp3) is 0.500. The Labute approximate surface area is 137 Å². The van der Waals surface area contributed by atoms with Gasteiger partial charge >= 0.3 is 12.1 Å². The van der Waals surface area contributed by atoms with Gasteiger partial charge in [-0.3, -0.25) is 4.79 Å². The van der Waals surface area contributed by atoms with Crippen LogP contribution in [0.4, 0.5) is 17.6 Å². The van der Waals surface area contributed by atoms with Gasteiger partial charge in [0.25, 0.3) is 0 Å². The second kappa shape index (κ2) is 7.93. The van der Waals surface area contributed by atoms with E-state index < -0.39 is 45.0 Å². The zero-order chi connectivity index (χ0) is 18.5. The Hall–Kier alpha value is -1.68. The van der Waals surface area contributed by atoms with Crippen LogP contribution in [0.25, 0.3) is 0 Å². The summed E-state index contributed by atoms with van der Waals surface area (Å²) < 4.78 is 82.3. The summed E-state index contributed by atoms with van der Waals surface area (Å²) in [5.74, 6) is -2.20. The molecule has 1 aromatic carbocycles. The summed E-state index contributed by atoms with van der Waals surface area (Å²) in [6, 6.07) is 1.10. The van der Waals surface area contributed by atoms with Gasteiger partial charge in [-0.2, -0.15) is 17.5 Å². The van der Waals surface area contributed by atoms with Crippen molar-refractivity contribution in [3.63, 3.8) is 0 Å². The summed E-state index contributed by atoms with van der Waals surface area (Å²) in [4.78, 5) is 10.4. The Balaban J connectivity index is 3.31. The van der Waals surface area contributed by atoms with Crippen LogP contribution in [0.5, 0.6) is 0 Å². The van der Waals surface area contributed by atoms with Crippen LogP contribution in [0.1, 0.15) is 25.8 Å². The lowest BCUT2D eigenvalue weighted by atomic mass is 10.2. The molecule has 0 aliphatic heterocycles. The van der Waals surface area contributed by atoms with Gasteiger partial charge in [0.2, 0.25) is 10.0 Å². The number of alkyl halides is 3. The van der Waals surface area contributed by atoms with Gasteiger partial charge in [-0.05, 0) is 31.5 Å². The molecule has 0 atom stereocenters. The van der Waals surface area contributed by atoms with Gasteiger partial charge in [0.05, 0.1) is 12.2 Å². The van der Waals surface area contributed by atoms with Crippen LogP contribution in [0.15, 0.2) is 23.1 Å². The molecule has 0 bridgehead atoms. The first-order valence-corrected chi connectivity index (χ1v) is 8.50. The van der Waals surface area contributed by atoms with Crippen LogP contribution >= 0.6 is 0 Å². The second-order valence-electron chi connectivity index (χ2n) is 4.79. The number of carbonyl (C=O) groups excluding carboxylic acids is 1. The van der Waals surface area contributed by atoms with E-state index in [9.17, 15) is 30.8 Å². The maximum Gasteiger partial charge on any atom is 0.416 e. The lowest BCUT2D eigenvalue weighted by Gasteiger charge is -2.21. The highest BCUT2D eigenvalue weighted by Crippen LogP contribution is 2.32. The van der Waals surface area contributed by atoms with E-state index in [0.29, 0.717) is 16.4 Å². The van der Waals surface area contributed by atoms with Gasteiger partial charge in [-0.25, -0.2) is 12.8 Å². The number of sulfonamides is 1. The molecule has 0 saturated carbocycles. The Kier molecular flexibility index (Phi) is 6.73. The monoisotopic (exact) mass is 371 g/mol. The second-order valence-corrected chi connectivity index (χ2v) is 6.69. The molecule has 1 rings (SSSR count). The van der Waals surface area contributed by atoms with Gasteiger partial charge in [0.1, 0.15) is 17.3 Å². The van der Waals surface area contributed by atoms with Crippen molar-refractivity contribution in [2.24, 2.45) is 0 Å². The lowest BCUT2D eigenvalue weighted by molar-refractivity contribution is -0.143. The highest BCUT2D eigenvalue weighted by Gasteiger charge is 2.35. The van der Waals surface area contributed by atoms with E-state index >= 15 is 0 Å². The Bertz CT molecular complexity index is 689. The first-order valence-electron chi connectivity index (χ1n) is 7.06. The number of ether oxygens (including phenoxy) is 1. The van der Waals surface area contributed by atoms with Crippen LogP contribution in [0, 0.1) is 5.82 Å². The minimum absolute atomic E-state index is 0.0107. The number of rotatable bonds is 7. The molecule has 0 radical (unpaired) electrons. The average Bonchev–Trinajstić information content (AvgIpc) is 2.46. The summed E-state index contributed by atoms with van der Waals surface area (Å²) >= 11 is 0. The molecule has 0 aromatic heterocycles. The predicted molar refractivity (Wildman–Crippen MR) is 77.1 cm³/mol. The van der Waals surface area contributed by atoms with Gasteiger partial charge in [-0.15, -0.1) is 0 Å². The molecule has 0 aliphatic carbocycles. The summed E-state index contributed by atoms with van der Waals surface area (Å²) in [7, 11) is -4.63. The molecule has 10 heteroatoms. The molecule has 0 heterocycles. The van der Waals surface area contributed by atoms with Gasteiger partial charge in [0, 0.05) is 6.54 Å². The van der Waals surface area contributed by atoms with Crippen molar-refractivity contribution in [1.82, 2.24) is 4.31 Å². The van der Waals surface area contributed by atoms with E-state index in [1.807, 2.05) is 0 Å². The van der Waals surface area contributed by atoms with E-state index in [1.54, 1.807) is 6.92 Å². The Morgan fingerprint density at radius 1 is 1.25 bits per heavy atom. The third-order valence-corrected chi connectivity index (χ3v) is 4.82. The molecule has 0 unspecified atom stereocenters. The highest BCUT2D eigenvalue weighted by molar-refractivity contribution is 7.89. The minimum Gasteiger partial charge on any atom is -0.465 e. The first kappa shape index (κ1) is 20.4. The van der Waals surface area contributed by atoms with Crippen LogP contribution in [-0.4, -0.2) is 38.4 Å². The van der Waals surface area contributed by atoms with Crippen molar-refractivity contribution >= 4 is 16.0 Å². The third-order valence-electron chi connectivity index (χ3n) is 2.96. The van der Waals surface area contributed by atoms with Gasteiger partial charge in [-0.1, -0.05) is 6.92 Å². The molecule has 24 heavy (non-hydrogen) atoms. The van der Waals surface area contributed by atoms with Crippen molar-refractivity contribution in [2.45, 2.75) is 31.3 Å². The first-order chi connectivity index (χ1) is 11.0. The Morgan fingerprint density at radius 2 is 1.88 bits per heavy atom. The van der Waals surface area contributed by atoms with E-state index in [-0.39, 0.29) is 25.6 Å². The molecule has 1 aromatic rings. The zero-order valence-corrected chi connectivity index (χ0v) is 13.9. The molecule has 0 spiro atoms. The van der Waals surface area contributed by atoms with Crippen LogP contribution in [0.3, 0.4) is 0 Å². The fourth-order valence-corrected chi connectivity index (χ4v) is 3.47. The van der Waals surface area contributed by atoms with Crippen molar-refractivity contribution < 1.29 is 35.5 Å². The number of nitrogens with zero attached hydrogens (tertiary/aromatic N) is 1. The molecule has 0 fully saturated rings. The number of hydrogen-bond acceptors (Lipinski definition) is 4. The summed E-state index contributed by atoms with van der Waals surface area (Å²) in [5, 5.41) is 0. The summed E-state index contributed by atoms with van der Waals surface area (Å²) in [5.41, 5.74) is -1.30. The predicted octanol–water partition coefficient (Wildman–Crippen LogP) is 2.81. The number of benzene rings is 1. The lowest BCUT2D eigenvalue weighted by Crippen LogP contribution is -2.37. The summed E-state index contributed by atoms with van der Waals surface area (Å²) in [6.07, 6.45) is -4.55. The summed E-state index contributed by atoms with van der Waals surface area (Å²) in [6.45, 7) is 2.26. The maximum atomic E-state index is 13.9. The van der Waals surface area contributed by atoms with Gasteiger partial charge in [0.15, 0.2) is 0 Å². The molecular formula is C14H17F4NO4S. The van der Waals surface area contributed by atoms with Crippen molar-refractivity contribution in [2.75, 3.05) is 19.7 Å². The van der Waals surface area contributed by atoms with Crippen LogP contribution < -0.4 is 0 Å². The zero-order valence-electron chi connectivity index (χ0n) is 13.1. The smallest absolute Gasteiger partial charge is 0.416 e. The molecule has 0 amide bonds. The van der Waals surface area contributed by atoms with Crippen molar-refractivity contribution in [1.29, 1.82) is 0 Å². The van der Waals surface area contributed by atoms with Crippen molar-refractivity contribution in [3.8, 4) is 0 Å². The van der Waals surface area contributed by atoms with E-state index in [1.165, 1.54) is 6.92 Å². The molecule has 136 valence electrons. The highest BCUT2D eigenvalue weighted by atomic mass is 32.2. The number of hydrogen-bond donors (Lipinski definition) is 0. The van der Waals surface area contributed by atoms with E-state index in [4.69, 9.17) is 0 Å². The number of esters is 1. The van der Waals surface area contributed by atoms with Crippen LogP contribution in [-0.2, 0) is 25.7 Å². The third kappa shape index (κ3) is 4.91. The van der Waals surface area contributed by atoms with Crippen molar-refractivity contribution in [3.05, 3.63) is 29.6 Å². The molecule has 0 N–H and O–H groups in total. The molecule has 0 saturated heterocycles. The largest absolute Gasteiger partial charge is 0.465 e. The van der Waals surface area contributed by atoms with E-state index in [2.05, 4.69) is 4.74 Å². The number of carbonyl (C=O) groups is 1. The Morgan fingerprint density at radius 3 is 2.38 bits per heavy atom. The SMILES string of the molecule is CCCN(CC(=O)OCC)S(=O)(=O)c1cc(C(F)(F)F)ccc1F. The van der Waals surface area contributed by atoms with Gasteiger partial charge < -0.3 is 4.74 Å². The standard InChI is InChI=1S/C14H17F4NO4S/c1-3-7-19(9-13(20)23-4-2)24(21,22)12-8-10(14(16,17)18)5-6-11(12)15/h5-6,8H,3-4,7,9H2,1-2H3. The van der Waals surface area contributed by atoms with E-state index in [0.717, 1.165) is 0 Å². The average molecular weight is 371 g/mol. The normalized spacial score (nSPS) is 12.5. The molecule has 0 aliphatic rings. The topological polar surface area (TPSA) is 63.7 Å². The van der Waals surface area contributed by atoms with Crippen LogP contribution in [0.2, 0.25) is 0 Å². The minimum atomic E-state index is -4.82. The number of halogens is 4. The fourth-order valence-electron chi connectivity index (χ4n) is 1.90. The molecular weight excluding hydrogens is 354 g/mol. The maximum absolute atomic E-state index is 13.9. The molecule has 5 nitrogen and oxygen atoms in total.